The number of halogens is 1. The van der Waals surface area contributed by atoms with Crippen molar-refractivity contribution in [3.8, 4) is 5.88 Å². The standard InChI is InChI=1S/C13H20BrN3O/c1-2-7-18-13-8-12(15-10-16-13)17-6-4-3-5-11(17)9-14/h8,10-11H,2-7,9H2,1H3. The highest BCUT2D eigenvalue weighted by Crippen LogP contribution is 2.25. The average Bonchev–Trinajstić information content (AvgIpc) is 2.45. The molecule has 2 heterocycles. The molecule has 0 amide bonds. The molecule has 5 heteroatoms. The zero-order valence-corrected chi connectivity index (χ0v) is 12.4. The van der Waals surface area contributed by atoms with Gasteiger partial charge in [-0.2, -0.15) is 0 Å². The molecule has 0 bridgehead atoms. The number of rotatable bonds is 5. The fourth-order valence-electron chi connectivity index (χ4n) is 2.24. The quantitative estimate of drug-likeness (QED) is 0.783. The van der Waals surface area contributed by atoms with Crippen LogP contribution >= 0.6 is 15.9 Å². The number of aromatic nitrogens is 2. The predicted molar refractivity (Wildman–Crippen MR) is 76.6 cm³/mol. The smallest absolute Gasteiger partial charge is 0.218 e. The second kappa shape index (κ2) is 6.92. The van der Waals surface area contributed by atoms with E-state index in [1.54, 1.807) is 6.33 Å². The molecule has 1 atom stereocenters. The van der Waals surface area contributed by atoms with Gasteiger partial charge in [0.2, 0.25) is 5.88 Å². The van der Waals surface area contributed by atoms with Gasteiger partial charge in [-0.15, -0.1) is 0 Å². The van der Waals surface area contributed by atoms with Crippen LogP contribution in [0.5, 0.6) is 5.88 Å². The van der Waals surface area contributed by atoms with Crippen LogP contribution in [0.4, 0.5) is 5.82 Å². The van der Waals surface area contributed by atoms with Gasteiger partial charge in [0.25, 0.3) is 0 Å². The third-order valence-electron chi connectivity index (χ3n) is 3.18. The number of nitrogens with zero attached hydrogens (tertiary/aromatic N) is 3. The van der Waals surface area contributed by atoms with Gasteiger partial charge in [-0.05, 0) is 25.7 Å². The Bertz CT molecular complexity index is 375. The molecule has 4 nitrogen and oxygen atoms in total. The van der Waals surface area contributed by atoms with E-state index in [1.165, 1.54) is 19.3 Å². The molecule has 18 heavy (non-hydrogen) atoms. The summed E-state index contributed by atoms with van der Waals surface area (Å²) < 4.78 is 5.57. The molecule has 0 aliphatic carbocycles. The van der Waals surface area contributed by atoms with Gasteiger partial charge in [-0.3, -0.25) is 0 Å². The lowest BCUT2D eigenvalue weighted by molar-refractivity contribution is 0.304. The van der Waals surface area contributed by atoms with Crippen LogP contribution in [0.15, 0.2) is 12.4 Å². The first-order chi connectivity index (χ1) is 8.85. The first-order valence-corrected chi connectivity index (χ1v) is 7.74. The fourth-order valence-corrected chi connectivity index (χ4v) is 2.91. The van der Waals surface area contributed by atoms with Gasteiger partial charge < -0.3 is 9.64 Å². The molecule has 1 fully saturated rings. The summed E-state index contributed by atoms with van der Waals surface area (Å²) >= 11 is 3.59. The van der Waals surface area contributed by atoms with Crippen molar-refractivity contribution in [1.29, 1.82) is 0 Å². The summed E-state index contributed by atoms with van der Waals surface area (Å²) in [6.45, 7) is 3.87. The minimum absolute atomic E-state index is 0.535. The Morgan fingerprint density at radius 3 is 3.11 bits per heavy atom. The maximum absolute atomic E-state index is 5.57. The van der Waals surface area contributed by atoms with Crippen molar-refractivity contribution >= 4 is 21.7 Å². The van der Waals surface area contributed by atoms with Crippen LogP contribution in [-0.2, 0) is 0 Å². The number of hydrogen-bond acceptors (Lipinski definition) is 4. The summed E-state index contributed by atoms with van der Waals surface area (Å²) in [6.07, 6.45) is 6.35. The summed E-state index contributed by atoms with van der Waals surface area (Å²) in [5.74, 6) is 1.67. The lowest BCUT2D eigenvalue weighted by atomic mass is 10.0. The van der Waals surface area contributed by atoms with E-state index in [0.717, 1.165) is 24.1 Å². The van der Waals surface area contributed by atoms with E-state index in [0.29, 0.717) is 18.5 Å². The zero-order chi connectivity index (χ0) is 12.8. The zero-order valence-electron chi connectivity index (χ0n) is 10.8. The summed E-state index contributed by atoms with van der Waals surface area (Å²) in [7, 11) is 0. The van der Waals surface area contributed by atoms with Gasteiger partial charge in [0, 0.05) is 24.0 Å². The topological polar surface area (TPSA) is 38.2 Å². The van der Waals surface area contributed by atoms with E-state index in [4.69, 9.17) is 4.74 Å². The van der Waals surface area contributed by atoms with Gasteiger partial charge >= 0.3 is 0 Å². The minimum atomic E-state index is 0.535. The number of alkyl halides is 1. The van der Waals surface area contributed by atoms with Crippen molar-refractivity contribution in [2.45, 2.75) is 38.6 Å². The highest BCUT2D eigenvalue weighted by atomic mass is 79.9. The Balaban J connectivity index is 2.10. The van der Waals surface area contributed by atoms with Crippen molar-refractivity contribution < 1.29 is 4.74 Å². The van der Waals surface area contributed by atoms with Crippen molar-refractivity contribution in [1.82, 2.24) is 9.97 Å². The Morgan fingerprint density at radius 1 is 1.44 bits per heavy atom. The van der Waals surface area contributed by atoms with Crippen molar-refractivity contribution in [3.63, 3.8) is 0 Å². The van der Waals surface area contributed by atoms with Crippen LogP contribution in [0.1, 0.15) is 32.6 Å². The number of piperidine rings is 1. The summed E-state index contributed by atoms with van der Waals surface area (Å²) in [6, 6.07) is 2.49. The first kappa shape index (κ1) is 13.6. The molecule has 1 aromatic heterocycles. The Hall–Kier alpha value is -0.840. The number of anilines is 1. The van der Waals surface area contributed by atoms with E-state index < -0.39 is 0 Å². The third kappa shape index (κ3) is 3.34. The molecule has 1 aliphatic heterocycles. The molecule has 0 aromatic carbocycles. The summed E-state index contributed by atoms with van der Waals surface area (Å²) in [5.41, 5.74) is 0. The van der Waals surface area contributed by atoms with Crippen LogP contribution in [0, 0.1) is 0 Å². The van der Waals surface area contributed by atoms with Crippen molar-refractivity contribution in [2.75, 3.05) is 23.4 Å². The largest absolute Gasteiger partial charge is 0.478 e. The molecule has 100 valence electrons. The molecule has 1 aliphatic rings. The SMILES string of the molecule is CCCOc1cc(N2CCCCC2CBr)ncn1. The minimum Gasteiger partial charge on any atom is -0.478 e. The fraction of sp³-hybridized carbons (Fsp3) is 0.692. The van der Waals surface area contributed by atoms with E-state index in [2.05, 4.69) is 37.7 Å². The van der Waals surface area contributed by atoms with E-state index in [-0.39, 0.29) is 0 Å². The molecule has 0 spiro atoms. The Morgan fingerprint density at radius 2 is 2.33 bits per heavy atom. The van der Waals surface area contributed by atoms with E-state index in [1.807, 2.05) is 6.07 Å². The maximum Gasteiger partial charge on any atom is 0.218 e. The van der Waals surface area contributed by atoms with Gasteiger partial charge in [0.15, 0.2) is 0 Å². The van der Waals surface area contributed by atoms with Crippen LogP contribution < -0.4 is 9.64 Å². The third-order valence-corrected chi connectivity index (χ3v) is 3.93. The molecule has 0 radical (unpaired) electrons. The van der Waals surface area contributed by atoms with Gasteiger partial charge in [0.1, 0.15) is 12.1 Å². The second-order valence-corrected chi connectivity index (χ2v) is 5.21. The lowest BCUT2D eigenvalue weighted by Gasteiger charge is -2.35. The molecule has 0 saturated carbocycles. The highest BCUT2D eigenvalue weighted by Gasteiger charge is 2.22. The van der Waals surface area contributed by atoms with Crippen molar-refractivity contribution in [2.24, 2.45) is 0 Å². The van der Waals surface area contributed by atoms with Crippen LogP contribution in [-0.4, -0.2) is 34.5 Å². The first-order valence-electron chi connectivity index (χ1n) is 6.62. The predicted octanol–water partition coefficient (Wildman–Crippen LogP) is 3.02. The Kier molecular flexibility index (Phi) is 5.23. The molecule has 2 rings (SSSR count). The van der Waals surface area contributed by atoms with Gasteiger partial charge in [-0.25, -0.2) is 9.97 Å². The molecular weight excluding hydrogens is 294 g/mol. The van der Waals surface area contributed by atoms with E-state index in [9.17, 15) is 0 Å². The highest BCUT2D eigenvalue weighted by molar-refractivity contribution is 9.09. The molecule has 1 aromatic rings. The molecule has 1 unspecified atom stereocenters. The average molecular weight is 314 g/mol. The van der Waals surface area contributed by atoms with Crippen molar-refractivity contribution in [3.05, 3.63) is 12.4 Å². The normalized spacial score (nSPS) is 19.9. The number of ether oxygens (including phenoxy) is 1. The van der Waals surface area contributed by atoms with Crippen LogP contribution in [0.2, 0.25) is 0 Å². The molecular formula is C13H20BrN3O. The molecule has 1 saturated heterocycles. The van der Waals surface area contributed by atoms with Crippen LogP contribution in [0.25, 0.3) is 0 Å². The second-order valence-electron chi connectivity index (χ2n) is 4.56. The monoisotopic (exact) mass is 313 g/mol. The maximum atomic E-state index is 5.57. The molecule has 0 N–H and O–H groups in total. The van der Waals surface area contributed by atoms with Gasteiger partial charge in [0.05, 0.1) is 6.61 Å². The number of hydrogen-bond donors (Lipinski definition) is 0. The van der Waals surface area contributed by atoms with Gasteiger partial charge in [-0.1, -0.05) is 22.9 Å². The van der Waals surface area contributed by atoms with E-state index >= 15 is 0 Å². The summed E-state index contributed by atoms with van der Waals surface area (Å²) in [5, 5.41) is 0.988. The van der Waals surface area contributed by atoms with Crippen LogP contribution in [0.3, 0.4) is 0 Å². The lowest BCUT2D eigenvalue weighted by Crippen LogP contribution is -2.41. The summed E-state index contributed by atoms with van der Waals surface area (Å²) in [4.78, 5) is 10.9. The Labute approximate surface area is 117 Å².